The van der Waals surface area contributed by atoms with Crippen LogP contribution in [-0.2, 0) is 0 Å². The lowest BCUT2D eigenvalue weighted by molar-refractivity contribution is 0.399. The summed E-state index contributed by atoms with van der Waals surface area (Å²) >= 11 is 5.01. The van der Waals surface area contributed by atoms with Gasteiger partial charge in [0.15, 0.2) is 5.75 Å². The maximum absolute atomic E-state index is 9.36. The van der Waals surface area contributed by atoms with E-state index in [1.165, 1.54) is 13.3 Å². The topological polar surface area (TPSA) is 58.1 Å². The number of fused-ring (bicyclic) bond motifs is 1. The standard InChI is InChI=1S/C9H8N2O2S/c1-13-7-3-2-5-8(11-7)9(14)6(12)4-10-5/h2-4,12H,1H3,(H,10,14). The average Bonchev–Trinajstić information content (AvgIpc) is 2.23. The van der Waals surface area contributed by atoms with Crippen LogP contribution in [0.1, 0.15) is 0 Å². The van der Waals surface area contributed by atoms with Gasteiger partial charge in [-0.25, -0.2) is 4.98 Å². The summed E-state index contributed by atoms with van der Waals surface area (Å²) in [5, 5.41) is 9.36. The molecule has 0 aliphatic heterocycles. The Morgan fingerprint density at radius 1 is 1.50 bits per heavy atom. The van der Waals surface area contributed by atoms with Gasteiger partial charge >= 0.3 is 0 Å². The largest absolute Gasteiger partial charge is 0.505 e. The van der Waals surface area contributed by atoms with Gasteiger partial charge in [0.25, 0.3) is 0 Å². The van der Waals surface area contributed by atoms with Gasteiger partial charge in [-0.05, 0) is 6.07 Å². The number of hydrogen-bond donors (Lipinski definition) is 2. The molecule has 0 saturated carbocycles. The molecule has 2 N–H and O–H groups in total. The van der Waals surface area contributed by atoms with Gasteiger partial charge in [-0.2, -0.15) is 0 Å². The molecule has 0 aliphatic carbocycles. The Bertz CT molecular complexity index is 536. The van der Waals surface area contributed by atoms with Crippen molar-refractivity contribution in [2.24, 2.45) is 0 Å². The third-order valence-corrected chi connectivity index (χ3v) is 2.29. The van der Waals surface area contributed by atoms with Crippen molar-refractivity contribution in [3.8, 4) is 11.6 Å². The van der Waals surface area contributed by atoms with Gasteiger partial charge in [-0.1, -0.05) is 12.2 Å². The minimum absolute atomic E-state index is 0.0215. The van der Waals surface area contributed by atoms with Crippen molar-refractivity contribution in [1.82, 2.24) is 9.97 Å². The monoisotopic (exact) mass is 208 g/mol. The number of pyridine rings is 2. The number of nitrogens with one attached hydrogen (secondary N) is 1. The van der Waals surface area contributed by atoms with Crippen LogP contribution < -0.4 is 4.74 Å². The fourth-order valence-corrected chi connectivity index (χ4v) is 1.39. The smallest absolute Gasteiger partial charge is 0.213 e. The van der Waals surface area contributed by atoms with Crippen LogP contribution in [0.2, 0.25) is 0 Å². The molecule has 0 atom stereocenters. The minimum atomic E-state index is 0.0215. The Hall–Kier alpha value is -1.62. The van der Waals surface area contributed by atoms with Crippen molar-refractivity contribution in [3.05, 3.63) is 22.8 Å². The number of hydrogen-bond acceptors (Lipinski definition) is 4. The second kappa shape index (κ2) is 3.26. The Morgan fingerprint density at radius 3 is 3.00 bits per heavy atom. The quantitative estimate of drug-likeness (QED) is 0.704. The van der Waals surface area contributed by atoms with Crippen molar-refractivity contribution in [2.45, 2.75) is 0 Å². The first kappa shape index (κ1) is 8.96. The molecule has 0 amide bonds. The number of aromatic hydroxyl groups is 1. The highest BCUT2D eigenvalue weighted by molar-refractivity contribution is 7.71. The Balaban J connectivity index is 2.85. The van der Waals surface area contributed by atoms with E-state index in [0.29, 0.717) is 15.9 Å². The highest BCUT2D eigenvalue weighted by atomic mass is 32.1. The zero-order valence-electron chi connectivity index (χ0n) is 7.44. The molecule has 0 saturated heterocycles. The van der Waals surface area contributed by atoms with E-state index in [2.05, 4.69) is 9.97 Å². The molecule has 4 nitrogen and oxygen atoms in total. The molecule has 2 aromatic heterocycles. The van der Waals surface area contributed by atoms with Crippen LogP contribution in [0, 0.1) is 4.51 Å². The zero-order valence-corrected chi connectivity index (χ0v) is 8.26. The first-order valence-corrected chi connectivity index (χ1v) is 4.38. The van der Waals surface area contributed by atoms with Crippen LogP contribution in [-0.4, -0.2) is 22.2 Å². The average molecular weight is 208 g/mol. The number of H-pyrrole nitrogens is 1. The van der Waals surface area contributed by atoms with Crippen LogP contribution in [0.5, 0.6) is 11.6 Å². The van der Waals surface area contributed by atoms with E-state index in [0.717, 1.165) is 5.52 Å². The first-order valence-electron chi connectivity index (χ1n) is 3.98. The van der Waals surface area contributed by atoms with Crippen molar-refractivity contribution in [1.29, 1.82) is 0 Å². The van der Waals surface area contributed by atoms with Crippen molar-refractivity contribution in [2.75, 3.05) is 7.11 Å². The van der Waals surface area contributed by atoms with Crippen molar-refractivity contribution in [3.63, 3.8) is 0 Å². The summed E-state index contributed by atoms with van der Waals surface area (Å²) in [6, 6.07) is 3.53. The zero-order chi connectivity index (χ0) is 10.1. The van der Waals surface area contributed by atoms with Crippen LogP contribution in [0.4, 0.5) is 0 Å². The molecule has 0 radical (unpaired) electrons. The summed E-state index contributed by atoms with van der Waals surface area (Å²) in [5.41, 5.74) is 1.31. The number of nitrogens with zero attached hydrogens (tertiary/aromatic N) is 1. The van der Waals surface area contributed by atoms with Crippen molar-refractivity contribution < 1.29 is 9.84 Å². The highest BCUT2D eigenvalue weighted by Gasteiger charge is 2.02. The molecule has 2 heterocycles. The Labute approximate surface area is 85.2 Å². The van der Waals surface area contributed by atoms with Gasteiger partial charge in [-0.3, -0.25) is 0 Å². The van der Waals surface area contributed by atoms with Gasteiger partial charge in [-0.15, -0.1) is 0 Å². The summed E-state index contributed by atoms with van der Waals surface area (Å²) in [6.07, 6.45) is 1.44. The summed E-state index contributed by atoms with van der Waals surface area (Å²) < 4.78 is 5.30. The lowest BCUT2D eigenvalue weighted by Crippen LogP contribution is -1.89. The predicted octanol–water partition coefficient (Wildman–Crippen LogP) is 2.01. The fourth-order valence-electron chi connectivity index (χ4n) is 1.18. The number of aromatic nitrogens is 2. The van der Waals surface area contributed by atoms with E-state index in [9.17, 15) is 5.11 Å². The van der Waals surface area contributed by atoms with Gasteiger partial charge in [0.05, 0.1) is 12.6 Å². The molecule has 0 bridgehead atoms. The third kappa shape index (κ3) is 1.31. The van der Waals surface area contributed by atoms with E-state index in [-0.39, 0.29) is 5.75 Å². The number of rotatable bonds is 1. The van der Waals surface area contributed by atoms with E-state index in [1.54, 1.807) is 12.1 Å². The Morgan fingerprint density at radius 2 is 2.29 bits per heavy atom. The van der Waals surface area contributed by atoms with E-state index in [4.69, 9.17) is 17.0 Å². The fraction of sp³-hybridized carbons (Fsp3) is 0.111. The molecular formula is C9H8N2O2S. The van der Waals surface area contributed by atoms with E-state index < -0.39 is 0 Å². The molecule has 0 aromatic carbocycles. The van der Waals surface area contributed by atoms with Gasteiger partial charge in [0, 0.05) is 12.3 Å². The summed E-state index contributed by atoms with van der Waals surface area (Å²) in [7, 11) is 1.53. The van der Waals surface area contributed by atoms with Crippen LogP contribution in [0.25, 0.3) is 11.0 Å². The lowest BCUT2D eigenvalue weighted by Gasteiger charge is -2.02. The molecule has 2 aromatic rings. The number of methoxy groups -OCH3 is 1. The second-order valence-electron chi connectivity index (χ2n) is 2.75. The molecule has 72 valence electrons. The van der Waals surface area contributed by atoms with E-state index >= 15 is 0 Å². The van der Waals surface area contributed by atoms with Crippen LogP contribution in [0.15, 0.2) is 18.3 Å². The SMILES string of the molecule is COc1ccc2[nH]cc(O)c(=S)c2n1. The van der Waals surface area contributed by atoms with Gasteiger partial charge < -0.3 is 14.8 Å². The summed E-state index contributed by atoms with van der Waals surface area (Å²) in [5.74, 6) is 0.496. The maximum atomic E-state index is 9.36. The lowest BCUT2D eigenvalue weighted by atomic mass is 10.3. The van der Waals surface area contributed by atoms with Gasteiger partial charge in [0.1, 0.15) is 10.0 Å². The minimum Gasteiger partial charge on any atom is -0.505 e. The van der Waals surface area contributed by atoms with Gasteiger partial charge in [0.2, 0.25) is 5.88 Å². The van der Waals surface area contributed by atoms with Crippen molar-refractivity contribution >= 4 is 23.3 Å². The molecule has 0 unspecified atom stereocenters. The molecule has 0 fully saturated rings. The van der Waals surface area contributed by atoms with Crippen LogP contribution >= 0.6 is 12.2 Å². The number of aromatic amines is 1. The number of ether oxygens (including phenoxy) is 1. The predicted molar refractivity (Wildman–Crippen MR) is 55.1 cm³/mol. The molecule has 14 heavy (non-hydrogen) atoms. The van der Waals surface area contributed by atoms with E-state index in [1.807, 2.05) is 0 Å². The molecular weight excluding hydrogens is 200 g/mol. The maximum Gasteiger partial charge on any atom is 0.213 e. The first-order chi connectivity index (χ1) is 6.72. The normalized spacial score (nSPS) is 10.4. The summed E-state index contributed by atoms with van der Waals surface area (Å²) in [4.78, 5) is 7.01. The molecule has 5 heteroatoms. The molecule has 2 rings (SSSR count). The van der Waals surface area contributed by atoms with Crippen LogP contribution in [0.3, 0.4) is 0 Å². The highest BCUT2D eigenvalue weighted by Crippen LogP contribution is 2.20. The third-order valence-electron chi connectivity index (χ3n) is 1.89. The molecule has 0 aliphatic rings. The Kier molecular flexibility index (Phi) is 2.09. The molecule has 0 spiro atoms. The summed E-state index contributed by atoms with van der Waals surface area (Å²) in [6.45, 7) is 0. The second-order valence-corrected chi connectivity index (χ2v) is 3.16.